The lowest BCUT2D eigenvalue weighted by molar-refractivity contribution is -0.131. The molecule has 2 nitrogen and oxygen atoms in total. The fourth-order valence-corrected chi connectivity index (χ4v) is 4.84. The van der Waals surface area contributed by atoms with Crippen molar-refractivity contribution in [2.45, 2.75) is 6.92 Å². The molecule has 3 rings (SSSR count). The maximum Gasteiger partial charge on any atom is 0.308 e. The van der Waals surface area contributed by atoms with Crippen LogP contribution in [0.4, 0.5) is 0 Å². The van der Waals surface area contributed by atoms with Crippen molar-refractivity contribution in [3.8, 4) is 5.75 Å². The van der Waals surface area contributed by atoms with Crippen molar-refractivity contribution < 1.29 is 9.53 Å². The summed E-state index contributed by atoms with van der Waals surface area (Å²) >= 11 is 0. The van der Waals surface area contributed by atoms with Crippen LogP contribution in [0, 0.1) is 0 Å². The summed E-state index contributed by atoms with van der Waals surface area (Å²) in [6, 6.07) is 28.5. The van der Waals surface area contributed by atoms with Gasteiger partial charge in [0.2, 0.25) is 0 Å². The Morgan fingerprint density at radius 1 is 0.739 bits per heavy atom. The number of esters is 1. The summed E-state index contributed by atoms with van der Waals surface area (Å²) in [5.74, 6) is 0.340. The van der Waals surface area contributed by atoms with Crippen molar-refractivity contribution in [2.75, 3.05) is 0 Å². The Hall–Kier alpha value is -2.44. The lowest BCUT2D eigenvalue weighted by Gasteiger charge is -2.21. The minimum Gasteiger partial charge on any atom is -0.426 e. The van der Waals surface area contributed by atoms with Crippen molar-refractivity contribution in [3.05, 3.63) is 84.9 Å². The molecule has 3 heteroatoms. The Kier molecular flexibility index (Phi) is 4.85. The number of hydrogen-bond acceptors (Lipinski definition) is 2. The van der Waals surface area contributed by atoms with E-state index in [1.165, 1.54) is 17.5 Å². The molecule has 0 bridgehead atoms. The second kappa shape index (κ2) is 7.21. The smallest absolute Gasteiger partial charge is 0.308 e. The molecule has 0 aromatic heterocycles. The first-order valence-electron chi connectivity index (χ1n) is 7.43. The highest BCUT2D eigenvalue weighted by molar-refractivity contribution is 7.80. The summed E-state index contributed by atoms with van der Waals surface area (Å²) in [5, 5.41) is 3.51. The molecule has 3 aromatic carbocycles. The largest absolute Gasteiger partial charge is 0.426 e. The molecule has 0 saturated heterocycles. The van der Waals surface area contributed by atoms with E-state index < -0.39 is 7.92 Å². The molecule has 0 heterocycles. The molecule has 0 aliphatic carbocycles. The highest BCUT2D eigenvalue weighted by Gasteiger charge is 2.20. The van der Waals surface area contributed by atoms with Gasteiger partial charge in [-0.2, -0.15) is 0 Å². The number of hydrogen-bond donors (Lipinski definition) is 0. The molecule has 3 aromatic rings. The summed E-state index contributed by atoms with van der Waals surface area (Å²) in [4.78, 5) is 11.4. The molecule has 114 valence electrons. The van der Waals surface area contributed by atoms with E-state index >= 15 is 0 Å². The molecule has 0 aliphatic rings. The van der Waals surface area contributed by atoms with Gasteiger partial charge in [0.25, 0.3) is 0 Å². The monoisotopic (exact) mass is 320 g/mol. The molecule has 0 fully saturated rings. The number of carbonyl (C=O) groups is 1. The first kappa shape index (κ1) is 15.5. The van der Waals surface area contributed by atoms with Crippen molar-refractivity contribution in [3.63, 3.8) is 0 Å². The van der Waals surface area contributed by atoms with Crippen LogP contribution in [0.3, 0.4) is 0 Å². The molecule has 23 heavy (non-hydrogen) atoms. The minimum atomic E-state index is -0.775. The second-order valence-corrected chi connectivity index (χ2v) is 7.25. The third kappa shape index (κ3) is 3.67. The molecule has 0 amide bonds. The van der Waals surface area contributed by atoms with E-state index in [2.05, 4.69) is 24.3 Å². The number of rotatable bonds is 4. The van der Waals surface area contributed by atoms with Gasteiger partial charge in [-0.1, -0.05) is 78.9 Å². The zero-order valence-corrected chi connectivity index (χ0v) is 13.7. The topological polar surface area (TPSA) is 26.3 Å². The summed E-state index contributed by atoms with van der Waals surface area (Å²) in [5.41, 5.74) is 0. The first-order chi connectivity index (χ1) is 11.3. The SMILES string of the molecule is CC(=O)Oc1ccccc1P(c1ccccc1)c1ccccc1. The van der Waals surface area contributed by atoms with Gasteiger partial charge in [-0.15, -0.1) is 0 Å². The zero-order chi connectivity index (χ0) is 16.1. The summed E-state index contributed by atoms with van der Waals surface area (Å²) in [7, 11) is -0.775. The summed E-state index contributed by atoms with van der Waals surface area (Å²) in [6.07, 6.45) is 0. The van der Waals surface area contributed by atoms with Crippen LogP contribution in [0.15, 0.2) is 84.9 Å². The third-order valence-corrected chi connectivity index (χ3v) is 5.87. The maximum atomic E-state index is 11.4. The lowest BCUT2D eigenvalue weighted by Crippen LogP contribution is -2.22. The molecule has 0 aliphatic heterocycles. The van der Waals surface area contributed by atoms with E-state index in [-0.39, 0.29) is 5.97 Å². The normalized spacial score (nSPS) is 10.5. The Labute approximate surface area is 137 Å². The van der Waals surface area contributed by atoms with E-state index in [9.17, 15) is 4.79 Å². The predicted molar refractivity (Wildman–Crippen MR) is 96.5 cm³/mol. The lowest BCUT2D eigenvalue weighted by atomic mass is 10.3. The van der Waals surface area contributed by atoms with Gasteiger partial charge in [0.15, 0.2) is 0 Å². The average molecular weight is 320 g/mol. The van der Waals surface area contributed by atoms with Crippen LogP contribution in [0.25, 0.3) is 0 Å². The first-order valence-corrected chi connectivity index (χ1v) is 8.77. The Morgan fingerprint density at radius 2 is 1.22 bits per heavy atom. The van der Waals surface area contributed by atoms with Crippen LogP contribution in [0.5, 0.6) is 5.75 Å². The van der Waals surface area contributed by atoms with E-state index in [1.807, 2.05) is 60.7 Å². The van der Waals surface area contributed by atoms with Crippen LogP contribution in [-0.4, -0.2) is 5.97 Å². The summed E-state index contributed by atoms with van der Waals surface area (Å²) < 4.78 is 5.45. The van der Waals surface area contributed by atoms with E-state index in [0.717, 1.165) is 5.30 Å². The van der Waals surface area contributed by atoms with Gasteiger partial charge in [0, 0.05) is 12.2 Å². The van der Waals surface area contributed by atoms with Gasteiger partial charge >= 0.3 is 5.97 Å². The minimum absolute atomic E-state index is 0.298. The quantitative estimate of drug-likeness (QED) is 0.418. The van der Waals surface area contributed by atoms with Gasteiger partial charge in [-0.05, 0) is 24.6 Å². The fraction of sp³-hybridized carbons (Fsp3) is 0.0500. The molecule has 0 radical (unpaired) electrons. The third-order valence-electron chi connectivity index (χ3n) is 3.39. The van der Waals surface area contributed by atoms with Crippen LogP contribution in [-0.2, 0) is 4.79 Å². The number of ether oxygens (including phenoxy) is 1. The van der Waals surface area contributed by atoms with Gasteiger partial charge in [0.1, 0.15) is 5.75 Å². The molecule has 0 atom stereocenters. The molecule has 0 N–H and O–H groups in total. The highest BCUT2D eigenvalue weighted by atomic mass is 31.1. The van der Waals surface area contributed by atoms with Gasteiger partial charge in [0.05, 0.1) is 0 Å². The van der Waals surface area contributed by atoms with Crippen LogP contribution in [0.2, 0.25) is 0 Å². The Bertz CT molecular complexity index is 746. The van der Waals surface area contributed by atoms with E-state index in [1.54, 1.807) is 0 Å². The highest BCUT2D eigenvalue weighted by Crippen LogP contribution is 2.36. The van der Waals surface area contributed by atoms with E-state index in [0.29, 0.717) is 5.75 Å². The molecule has 0 spiro atoms. The molecule has 0 saturated carbocycles. The maximum absolute atomic E-state index is 11.4. The van der Waals surface area contributed by atoms with Gasteiger partial charge < -0.3 is 4.74 Å². The van der Waals surface area contributed by atoms with Gasteiger partial charge in [-0.25, -0.2) is 0 Å². The fourth-order valence-electron chi connectivity index (χ4n) is 2.46. The number of carbonyl (C=O) groups excluding carboxylic acids is 1. The zero-order valence-electron chi connectivity index (χ0n) is 12.8. The van der Waals surface area contributed by atoms with Crippen molar-refractivity contribution in [1.82, 2.24) is 0 Å². The Balaban J connectivity index is 2.15. The van der Waals surface area contributed by atoms with Crippen LogP contribution >= 0.6 is 7.92 Å². The predicted octanol–water partition coefficient (Wildman–Crippen LogP) is 3.37. The van der Waals surface area contributed by atoms with E-state index in [4.69, 9.17) is 4.74 Å². The van der Waals surface area contributed by atoms with Crippen LogP contribution in [0.1, 0.15) is 6.92 Å². The molecular weight excluding hydrogens is 303 g/mol. The second-order valence-electron chi connectivity index (χ2n) is 5.07. The van der Waals surface area contributed by atoms with Crippen molar-refractivity contribution in [2.24, 2.45) is 0 Å². The average Bonchev–Trinajstić information content (AvgIpc) is 2.58. The Morgan fingerprint density at radius 3 is 1.74 bits per heavy atom. The standard InChI is InChI=1S/C20H17O2P/c1-16(21)22-19-14-8-9-15-20(19)23(17-10-4-2-5-11-17)18-12-6-3-7-13-18/h2-15H,1H3. The van der Waals surface area contributed by atoms with Crippen LogP contribution < -0.4 is 20.7 Å². The summed E-state index contributed by atoms with van der Waals surface area (Å²) in [6.45, 7) is 1.43. The molecular formula is C20H17O2P. The van der Waals surface area contributed by atoms with Crippen molar-refractivity contribution in [1.29, 1.82) is 0 Å². The molecule has 0 unspecified atom stereocenters. The van der Waals surface area contributed by atoms with Gasteiger partial charge in [-0.3, -0.25) is 4.79 Å². The number of benzene rings is 3. The number of para-hydroxylation sites is 1. The van der Waals surface area contributed by atoms with Crippen molar-refractivity contribution >= 4 is 29.8 Å².